The van der Waals surface area contributed by atoms with Crippen molar-refractivity contribution >= 4 is 11.9 Å². The molecule has 1 N–H and O–H groups in total. The van der Waals surface area contributed by atoms with Crippen LogP contribution in [0.25, 0.3) is 0 Å². The molecular formula is C21H27N3O4. The van der Waals surface area contributed by atoms with Crippen molar-refractivity contribution in [2.45, 2.75) is 43.7 Å². The molecule has 3 fully saturated rings. The Morgan fingerprint density at radius 3 is 2.86 bits per heavy atom. The van der Waals surface area contributed by atoms with E-state index in [2.05, 4.69) is 37.4 Å². The Hall–Kier alpha value is -2.28. The fourth-order valence-corrected chi connectivity index (χ4v) is 4.73. The number of ether oxygens (including phenoxy) is 2. The third kappa shape index (κ3) is 2.92. The second kappa shape index (κ2) is 6.37. The third-order valence-electron chi connectivity index (χ3n) is 6.54. The van der Waals surface area contributed by atoms with Gasteiger partial charge in [0.15, 0.2) is 0 Å². The summed E-state index contributed by atoms with van der Waals surface area (Å²) in [5, 5.41) is 2.95. The van der Waals surface area contributed by atoms with Gasteiger partial charge in [-0.3, -0.25) is 4.79 Å². The molecule has 7 heteroatoms. The Labute approximate surface area is 165 Å². The second-order valence-electron chi connectivity index (χ2n) is 9.07. The van der Waals surface area contributed by atoms with Gasteiger partial charge in [-0.25, -0.2) is 4.79 Å². The molecule has 1 aromatic carbocycles. The molecule has 1 aromatic rings. The molecule has 0 aliphatic carbocycles. The molecule has 7 nitrogen and oxygen atoms in total. The highest BCUT2D eigenvalue weighted by atomic mass is 16.5. The van der Waals surface area contributed by atoms with Gasteiger partial charge in [0.25, 0.3) is 0 Å². The molecule has 28 heavy (non-hydrogen) atoms. The fourth-order valence-electron chi connectivity index (χ4n) is 4.73. The molecule has 2 atom stereocenters. The van der Waals surface area contributed by atoms with Gasteiger partial charge in [0.1, 0.15) is 12.4 Å². The minimum absolute atomic E-state index is 0.0292. The van der Waals surface area contributed by atoms with Gasteiger partial charge in [0.2, 0.25) is 5.91 Å². The molecule has 0 aromatic heterocycles. The molecule has 3 amide bonds. The zero-order valence-electron chi connectivity index (χ0n) is 16.4. The lowest BCUT2D eigenvalue weighted by atomic mass is 9.84. The quantitative estimate of drug-likeness (QED) is 0.795. The minimum Gasteiger partial charge on any atom is -0.492 e. The number of hydrogen-bond acceptors (Lipinski definition) is 4. The molecule has 3 saturated heterocycles. The number of benzene rings is 1. The molecule has 150 valence electrons. The molecule has 4 heterocycles. The van der Waals surface area contributed by atoms with Crippen LogP contribution < -0.4 is 10.1 Å². The Morgan fingerprint density at radius 1 is 1.21 bits per heavy atom. The summed E-state index contributed by atoms with van der Waals surface area (Å²) in [7, 11) is 0. The van der Waals surface area contributed by atoms with E-state index in [0.29, 0.717) is 19.0 Å². The van der Waals surface area contributed by atoms with Crippen molar-refractivity contribution in [3.8, 4) is 5.75 Å². The van der Waals surface area contributed by atoms with Crippen LogP contribution in [0, 0.1) is 0 Å². The number of morpholine rings is 1. The first-order valence-corrected chi connectivity index (χ1v) is 10.1. The molecule has 0 saturated carbocycles. The monoisotopic (exact) mass is 385 g/mol. The van der Waals surface area contributed by atoms with E-state index in [4.69, 9.17) is 9.47 Å². The minimum atomic E-state index is -0.0958. The normalized spacial score (nSPS) is 28.7. The standard InChI is InChI=1S/C21H27N3O4/c1-21(2)12-28-18-7-13(3-4-15(18)21)14-8-24(9-14)20(26)23-6-5-17-16(10-23)22-19(25)11-27-17/h3-4,7,14,16-17H,5-6,8-12H2,1-2H3,(H,22,25)/t16?,17-/m0/s1. The van der Waals surface area contributed by atoms with E-state index in [-0.39, 0.29) is 36.1 Å². The van der Waals surface area contributed by atoms with Gasteiger partial charge in [-0.2, -0.15) is 0 Å². The zero-order chi connectivity index (χ0) is 19.5. The maximum Gasteiger partial charge on any atom is 0.320 e. The van der Waals surface area contributed by atoms with E-state index in [1.54, 1.807) is 0 Å². The summed E-state index contributed by atoms with van der Waals surface area (Å²) in [5.41, 5.74) is 2.58. The SMILES string of the molecule is CC1(C)COc2cc(C3CN(C(=O)N4CC[C@@H]5OCC(=O)NC5C4)C3)ccc21. The van der Waals surface area contributed by atoms with Crippen LogP contribution >= 0.6 is 0 Å². The van der Waals surface area contributed by atoms with Crippen molar-refractivity contribution in [3.63, 3.8) is 0 Å². The van der Waals surface area contributed by atoms with Crippen LogP contribution in [0.5, 0.6) is 5.75 Å². The average Bonchev–Trinajstić information content (AvgIpc) is 2.94. The number of nitrogens with one attached hydrogen (secondary N) is 1. The van der Waals surface area contributed by atoms with Crippen molar-refractivity contribution in [1.29, 1.82) is 0 Å². The number of likely N-dealkylation sites (tertiary alicyclic amines) is 2. The van der Waals surface area contributed by atoms with Crippen molar-refractivity contribution in [3.05, 3.63) is 29.3 Å². The number of carbonyl (C=O) groups is 2. The molecular weight excluding hydrogens is 358 g/mol. The number of rotatable bonds is 1. The van der Waals surface area contributed by atoms with Gasteiger partial charge in [-0.1, -0.05) is 26.0 Å². The lowest BCUT2D eigenvalue weighted by molar-refractivity contribution is -0.139. The summed E-state index contributed by atoms with van der Waals surface area (Å²) in [4.78, 5) is 28.2. The summed E-state index contributed by atoms with van der Waals surface area (Å²) in [6, 6.07) is 6.49. The molecule has 0 bridgehead atoms. The molecule has 5 rings (SSSR count). The Balaban J connectivity index is 1.19. The third-order valence-corrected chi connectivity index (χ3v) is 6.54. The lowest BCUT2D eigenvalue weighted by Crippen LogP contribution is -2.63. The Morgan fingerprint density at radius 2 is 2.04 bits per heavy atom. The van der Waals surface area contributed by atoms with Crippen molar-refractivity contribution in [2.75, 3.05) is 39.4 Å². The summed E-state index contributed by atoms with van der Waals surface area (Å²) in [5.74, 6) is 1.25. The molecule has 4 aliphatic heterocycles. The largest absolute Gasteiger partial charge is 0.492 e. The number of amides is 3. The van der Waals surface area contributed by atoms with Crippen LogP contribution in [-0.2, 0) is 14.9 Å². The van der Waals surface area contributed by atoms with Gasteiger partial charge in [-0.15, -0.1) is 0 Å². The highest BCUT2D eigenvalue weighted by Crippen LogP contribution is 2.41. The fraction of sp³-hybridized carbons (Fsp3) is 0.619. The molecule has 0 radical (unpaired) electrons. The highest BCUT2D eigenvalue weighted by molar-refractivity contribution is 5.79. The number of carbonyl (C=O) groups excluding carboxylic acids is 2. The first kappa shape index (κ1) is 17.8. The highest BCUT2D eigenvalue weighted by Gasteiger charge is 2.41. The lowest BCUT2D eigenvalue weighted by Gasteiger charge is -2.46. The average molecular weight is 385 g/mol. The Kier molecular flexibility index (Phi) is 4.05. The maximum absolute atomic E-state index is 12.9. The van der Waals surface area contributed by atoms with Crippen molar-refractivity contribution < 1.29 is 19.1 Å². The van der Waals surface area contributed by atoms with Crippen LogP contribution in [0.1, 0.15) is 37.3 Å². The number of hydrogen-bond donors (Lipinski definition) is 1. The summed E-state index contributed by atoms with van der Waals surface area (Å²) < 4.78 is 11.4. The number of piperidine rings is 1. The molecule has 0 spiro atoms. The number of nitrogens with zero attached hydrogens (tertiary/aromatic N) is 2. The van der Waals surface area contributed by atoms with Crippen LogP contribution in [0.3, 0.4) is 0 Å². The van der Waals surface area contributed by atoms with Gasteiger partial charge >= 0.3 is 6.03 Å². The van der Waals surface area contributed by atoms with E-state index in [1.807, 2.05) is 9.80 Å². The van der Waals surface area contributed by atoms with Crippen LogP contribution in [-0.4, -0.2) is 73.3 Å². The van der Waals surface area contributed by atoms with Gasteiger partial charge < -0.3 is 24.6 Å². The van der Waals surface area contributed by atoms with Crippen molar-refractivity contribution in [1.82, 2.24) is 15.1 Å². The predicted octanol–water partition coefficient (Wildman–Crippen LogP) is 1.47. The summed E-state index contributed by atoms with van der Waals surface area (Å²) >= 11 is 0. The van der Waals surface area contributed by atoms with E-state index >= 15 is 0 Å². The van der Waals surface area contributed by atoms with E-state index < -0.39 is 0 Å². The first-order valence-electron chi connectivity index (χ1n) is 10.1. The van der Waals surface area contributed by atoms with Crippen LogP contribution in [0.2, 0.25) is 0 Å². The van der Waals surface area contributed by atoms with Gasteiger partial charge in [0.05, 0.1) is 18.8 Å². The van der Waals surface area contributed by atoms with Crippen molar-refractivity contribution in [2.24, 2.45) is 0 Å². The van der Waals surface area contributed by atoms with E-state index in [0.717, 1.165) is 31.9 Å². The number of fused-ring (bicyclic) bond motifs is 2. The topological polar surface area (TPSA) is 71.1 Å². The predicted molar refractivity (Wildman–Crippen MR) is 103 cm³/mol. The van der Waals surface area contributed by atoms with Gasteiger partial charge in [0, 0.05) is 43.1 Å². The van der Waals surface area contributed by atoms with E-state index in [9.17, 15) is 9.59 Å². The smallest absolute Gasteiger partial charge is 0.320 e. The summed E-state index contributed by atoms with van der Waals surface area (Å²) in [6.45, 7) is 7.92. The van der Waals surface area contributed by atoms with Gasteiger partial charge in [-0.05, 0) is 18.1 Å². The van der Waals surface area contributed by atoms with E-state index in [1.165, 1.54) is 11.1 Å². The molecule has 4 aliphatic rings. The van der Waals surface area contributed by atoms with Crippen LogP contribution in [0.4, 0.5) is 4.79 Å². The molecule has 1 unspecified atom stereocenters. The Bertz CT molecular complexity index is 818. The zero-order valence-corrected chi connectivity index (χ0v) is 16.4. The summed E-state index contributed by atoms with van der Waals surface area (Å²) in [6.07, 6.45) is 0.799. The first-order chi connectivity index (χ1) is 13.4. The van der Waals surface area contributed by atoms with Crippen LogP contribution in [0.15, 0.2) is 18.2 Å². The maximum atomic E-state index is 12.9. The second-order valence-corrected chi connectivity index (χ2v) is 9.07. The number of urea groups is 1.